The van der Waals surface area contributed by atoms with Crippen molar-refractivity contribution >= 4 is 45.6 Å². The molecular formula is C17H12ClNO4S. The lowest BCUT2D eigenvalue weighted by Crippen LogP contribution is -2.08. The third-order valence-corrected chi connectivity index (χ3v) is 4.36. The van der Waals surface area contributed by atoms with Crippen LogP contribution in [0.25, 0.3) is 11.1 Å². The number of cyclic esters (lactones) is 1. The van der Waals surface area contributed by atoms with E-state index in [0.717, 1.165) is 5.56 Å². The van der Waals surface area contributed by atoms with Gasteiger partial charge in [-0.2, -0.15) is 0 Å². The van der Waals surface area contributed by atoms with Crippen molar-refractivity contribution in [2.75, 3.05) is 6.61 Å². The monoisotopic (exact) mass is 361 g/mol. The number of nitrogens with zero attached hydrogens (tertiary/aromatic N) is 1. The molecule has 0 atom stereocenters. The van der Waals surface area contributed by atoms with Gasteiger partial charge in [0.15, 0.2) is 5.71 Å². The van der Waals surface area contributed by atoms with Gasteiger partial charge in [0, 0.05) is 22.0 Å². The van der Waals surface area contributed by atoms with E-state index in [9.17, 15) is 9.59 Å². The van der Waals surface area contributed by atoms with Crippen molar-refractivity contribution in [3.63, 3.8) is 0 Å². The smallest absolute Gasteiger partial charge is 0.361 e. The summed E-state index contributed by atoms with van der Waals surface area (Å²) in [7, 11) is 0. The molecule has 122 valence electrons. The average Bonchev–Trinajstić information content (AvgIpc) is 3.16. The molecule has 0 aliphatic carbocycles. The van der Waals surface area contributed by atoms with E-state index in [1.54, 1.807) is 24.4 Å². The van der Waals surface area contributed by atoms with E-state index in [2.05, 4.69) is 4.99 Å². The summed E-state index contributed by atoms with van der Waals surface area (Å²) in [5, 5.41) is 2.81. The minimum absolute atomic E-state index is 0.144. The topological polar surface area (TPSA) is 65.0 Å². The molecule has 0 radical (unpaired) electrons. The Hall–Kier alpha value is -2.44. The maximum absolute atomic E-state index is 12.4. The van der Waals surface area contributed by atoms with Crippen LogP contribution in [0.3, 0.4) is 0 Å². The summed E-state index contributed by atoms with van der Waals surface area (Å²) in [6, 6.07) is 7.11. The van der Waals surface area contributed by atoms with Gasteiger partial charge in [-0.1, -0.05) is 23.7 Å². The van der Waals surface area contributed by atoms with Crippen molar-refractivity contribution in [2.45, 2.75) is 6.92 Å². The summed E-state index contributed by atoms with van der Waals surface area (Å²) in [5.74, 6) is -1.04. The molecule has 0 spiro atoms. The van der Waals surface area contributed by atoms with Gasteiger partial charge >= 0.3 is 11.9 Å². The number of rotatable bonds is 4. The van der Waals surface area contributed by atoms with Crippen molar-refractivity contribution in [1.82, 2.24) is 0 Å². The molecule has 2 heterocycles. The minimum Gasteiger partial charge on any atom is -0.462 e. The number of carbonyl (C=O) groups is 2. The number of benzene rings is 1. The molecule has 1 aliphatic rings. The van der Waals surface area contributed by atoms with Gasteiger partial charge in [0.1, 0.15) is 10.6 Å². The fourth-order valence-electron chi connectivity index (χ4n) is 2.15. The van der Waals surface area contributed by atoms with E-state index in [4.69, 9.17) is 21.1 Å². The predicted octanol–water partition coefficient (Wildman–Crippen LogP) is 4.39. The molecular weight excluding hydrogens is 350 g/mol. The fourth-order valence-corrected chi connectivity index (χ4v) is 3.22. The van der Waals surface area contributed by atoms with Crippen molar-refractivity contribution in [3.05, 3.63) is 52.6 Å². The van der Waals surface area contributed by atoms with Crippen LogP contribution in [0.1, 0.15) is 17.3 Å². The van der Waals surface area contributed by atoms with Gasteiger partial charge in [-0.3, -0.25) is 0 Å². The number of aliphatic imine (C=N–C) groups is 1. The largest absolute Gasteiger partial charge is 0.462 e. The van der Waals surface area contributed by atoms with Gasteiger partial charge in [-0.25, -0.2) is 14.6 Å². The molecule has 1 aromatic heterocycles. The number of carbonyl (C=O) groups excluding carboxylic acids is 2. The van der Waals surface area contributed by atoms with Crippen LogP contribution in [0, 0.1) is 0 Å². The minimum atomic E-state index is -0.550. The Morgan fingerprint density at radius 1 is 1.33 bits per heavy atom. The molecule has 0 bridgehead atoms. The quantitative estimate of drug-likeness (QED) is 0.757. The molecule has 2 aromatic rings. The first-order valence-electron chi connectivity index (χ1n) is 7.11. The number of ether oxygens (including phenoxy) is 2. The Morgan fingerprint density at radius 3 is 2.71 bits per heavy atom. The van der Waals surface area contributed by atoms with Crippen LogP contribution in [0.4, 0.5) is 5.00 Å². The molecule has 7 heteroatoms. The predicted molar refractivity (Wildman–Crippen MR) is 93.0 cm³/mol. The molecule has 0 N–H and O–H groups in total. The Balaban J connectivity index is 2.10. The highest BCUT2D eigenvalue weighted by Crippen LogP contribution is 2.38. The Bertz CT molecular complexity index is 852. The first kappa shape index (κ1) is 16.4. The summed E-state index contributed by atoms with van der Waals surface area (Å²) >= 11 is 7.17. The molecule has 0 saturated heterocycles. The first-order chi connectivity index (χ1) is 11.6. The maximum atomic E-state index is 12.4. The second-order valence-corrected chi connectivity index (χ2v) is 6.06. The zero-order valence-corrected chi connectivity index (χ0v) is 14.2. The highest BCUT2D eigenvalue weighted by atomic mass is 35.5. The third-order valence-electron chi connectivity index (χ3n) is 3.24. The Kier molecular flexibility index (Phi) is 4.78. The van der Waals surface area contributed by atoms with Gasteiger partial charge in [0.05, 0.1) is 12.9 Å². The van der Waals surface area contributed by atoms with Crippen molar-refractivity contribution in [1.29, 1.82) is 0 Å². The van der Waals surface area contributed by atoms with Gasteiger partial charge in [0.25, 0.3) is 0 Å². The number of esters is 2. The highest BCUT2D eigenvalue weighted by molar-refractivity contribution is 7.15. The molecule has 3 rings (SSSR count). The molecule has 5 nitrogen and oxygen atoms in total. The number of hydrogen-bond donors (Lipinski definition) is 0. The van der Waals surface area contributed by atoms with Crippen LogP contribution in [0.2, 0.25) is 5.02 Å². The second kappa shape index (κ2) is 6.98. The van der Waals surface area contributed by atoms with E-state index >= 15 is 0 Å². The van der Waals surface area contributed by atoms with Crippen LogP contribution >= 0.6 is 22.9 Å². The van der Waals surface area contributed by atoms with Crippen LogP contribution in [0.15, 0.2) is 47.0 Å². The second-order valence-electron chi connectivity index (χ2n) is 4.76. The van der Waals surface area contributed by atoms with Crippen LogP contribution in [-0.2, 0) is 14.3 Å². The zero-order valence-electron chi connectivity index (χ0n) is 12.6. The van der Waals surface area contributed by atoms with Gasteiger partial charge in [-0.15, -0.1) is 11.3 Å². The molecule has 0 fully saturated rings. The van der Waals surface area contributed by atoms with Gasteiger partial charge in [0.2, 0.25) is 0 Å². The third kappa shape index (κ3) is 3.25. The number of halogens is 1. The molecule has 0 saturated carbocycles. The lowest BCUT2D eigenvalue weighted by molar-refractivity contribution is -0.129. The summed E-state index contributed by atoms with van der Waals surface area (Å²) in [5.41, 5.74) is 1.97. The van der Waals surface area contributed by atoms with E-state index in [0.29, 0.717) is 21.2 Å². The summed E-state index contributed by atoms with van der Waals surface area (Å²) < 4.78 is 9.86. The molecule has 1 aromatic carbocycles. The van der Waals surface area contributed by atoms with E-state index < -0.39 is 11.9 Å². The van der Waals surface area contributed by atoms with Crippen LogP contribution in [-0.4, -0.2) is 24.3 Å². The lowest BCUT2D eigenvalue weighted by atomic mass is 10.0. The highest BCUT2D eigenvalue weighted by Gasteiger charge is 2.23. The number of thiophene rings is 1. The first-order valence-corrected chi connectivity index (χ1v) is 8.36. The van der Waals surface area contributed by atoms with Gasteiger partial charge in [-0.05, 0) is 24.6 Å². The van der Waals surface area contributed by atoms with Crippen LogP contribution in [0.5, 0.6) is 0 Å². The SMILES string of the molecule is CCOC(=O)c1c(-c2ccc(Cl)cc2)csc1N=C1C=COC1=O. The average molecular weight is 362 g/mol. The zero-order chi connectivity index (χ0) is 17.1. The van der Waals surface area contributed by atoms with E-state index in [1.165, 1.54) is 23.7 Å². The normalized spacial score (nSPS) is 14.9. The van der Waals surface area contributed by atoms with Gasteiger partial charge < -0.3 is 9.47 Å². The molecule has 1 aliphatic heterocycles. The lowest BCUT2D eigenvalue weighted by Gasteiger charge is -2.06. The van der Waals surface area contributed by atoms with Crippen LogP contribution < -0.4 is 0 Å². The van der Waals surface area contributed by atoms with Crippen molar-refractivity contribution in [3.8, 4) is 11.1 Å². The molecule has 0 amide bonds. The van der Waals surface area contributed by atoms with Crippen molar-refractivity contribution in [2.24, 2.45) is 4.99 Å². The Labute approximate surface area is 147 Å². The molecule has 24 heavy (non-hydrogen) atoms. The standard InChI is InChI=1S/C17H12ClNO4S/c1-2-22-17(21)14-12(10-3-5-11(18)6-4-10)9-24-15(14)19-13-7-8-23-16(13)20/h3-9H,2H2,1H3. The Morgan fingerprint density at radius 2 is 2.08 bits per heavy atom. The molecule has 0 unspecified atom stereocenters. The fraction of sp³-hybridized carbons (Fsp3) is 0.118. The summed E-state index contributed by atoms with van der Waals surface area (Å²) in [6.45, 7) is 1.97. The van der Waals surface area contributed by atoms with E-state index in [-0.39, 0.29) is 12.3 Å². The summed E-state index contributed by atoms with van der Waals surface area (Å²) in [4.78, 5) is 28.2. The van der Waals surface area contributed by atoms with Crippen molar-refractivity contribution < 1.29 is 19.1 Å². The number of hydrogen-bond acceptors (Lipinski definition) is 6. The summed E-state index contributed by atoms with van der Waals surface area (Å²) in [6.07, 6.45) is 2.72. The van der Waals surface area contributed by atoms with E-state index in [1.807, 2.05) is 12.1 Å². The maximum Gasteiger partial charge on any atom is 0.361 e.